The van der Waals surface area contributed by atoms with Crippen LogP contribution in [-0.2, 0) is 27.2 Å². The maximum absolute atomic E-state index is 12.1. The summed E-state index contributed by atoms with van der Waals surface area (Å²) in [6, 6.07) is 0. The zero-order chi connectivity index (χ0) is 13.1. The van der Waals surface area contributed by atoms with E-state index in [-0.39, 0.29) is 12.2 Å². The van der Waals surface area contributed by atoms with Crippen LogP contribution >= 0.6 is 11.6 Å². The predicted molar refractivity (Wildman–Crippen MR) is 66.9 cm³/mol. The fraction of sp³-hybridized carbons (Fsp3) is 0.667. The molecule has 1 aliphatic heterocycles. The van der Waals surface area contributed by atoms with Gasteiger partial charge in [-0.15, -0.1) is 0 Å². The summed E-state index contributed by atoms with van der Waals surface area (Å²) in [6.45, 7) is 5.85. The van der Waals surface area contributed by atoms with Gasteiger partial charge in [0.1, 0.15) is 6.10 Å². The second-order valence-electron chi connectivity index (χ2n) is 4.24. The Labute approximate surface area is 111 Å². The number of hydrogen-bond donors (Lipinski definition) is 0. The molecule has 0 saturated carbocycles. The number of hydrogen-bond acceptors (Lipinski definition) is 4. The first-order valence-corrected chi connectivity index (χ1v) is 6.45. The first kappa shape index (κ1) is 13.5. The molecule has 6 heteroatoms. The molecule has 0 radical (unpaired) electrons. The zero-order valence-electron chi connectivity index (χ0n) is 10.6. The van der Waals surface area contributed by atoms with Gasteiger partial charge >= 0.3 is 0 Å². The summed E-state index contributed by atoms with van der Waals surface area (Å²) < 4.78 is 12.4. The molecule has 1 unspecified atom stereocenters. The molecule has 0 aromatic carbocycles. The van der Waals surface area contributed by atoms with Gasteiger partial charge in [0.2, 0.25) is 0 Å². The van der Waals surface area contributed by atoms with Gasteiger partial charge in [-0.25, -0.2) is 0 Å². The number of aryl methyl sites for hydroxylation is 2. The molecule has 5 nitrogen and oxygen atoms in total. The first-order chi connectivity index (χ1) is 8.63. The van der Waals surface area contributed by atoms with E-state index >= 15 is 0 Å². The van der Waals surface area contributed by atoms with Gasteiger partial charge in [-0.1, -0.05) is 11.6 Å². The Morgan fingerprint density at radius 1 is 1.56 bits per heavy atom. The zero-order valence-corrected chi connectivity index (χ0v) is 11.4. The third-order valence-corrected chi connectivity index (χ3v) is 3.46. The second-order valence-corrected chi connectivity index (χ2v) is 4.62. The van der Waals surface area contributed by atoms with Crippen molar-refractivity contribution in [2.45, 2.75) is 32.9 Å². The van der Waals surface area contributed by atoms with Crippen molar-refractivity contribution in [3.8, 4) is 0 Å². The molecule has 0 bridgehead atoms. The Morgan fingerprint density at radius 3 is 2.94 bits per heavy atom. The SMILES string of the molecule is CCn1nc(C)c(Cl)c1CC(=O)C1COCCO1. The number of nitrogens with zero attached hydrogens (tertiary/aromatic N) is 2. The van der Waals surface area contributed by atoms with Crippen LogP contribution in [0.3, 0.4) is 0 Å². The highest BCUT2D eigenvalue weighted by molar-refractivity contribution is 6.32. The molecule has 1 atom stereocenters. The van der Waals surface area contributed by atoms with Gasteiger partial charge < -0.3 is 9.47 Å². The monoisotopic (exact) mass is 272 g/mol. The van der Waals surface area contributed by atoms with Crippen LogP contribution in [0, 0.1) is 6.92 Å². The minimum absolute atomic E-state index is 0.00815. The fourth-order valence-corrected chi connectivity index (χ4v) is 2.19. The van der Waals surface area contributed by atoms with Crippen molar-refractivity contribution in [2.75, 3.05) is 19.8 Å². The van der Waals surface area contributed by atoms with Gasteiger partial charge in [0.25, 0.3) is 0 Å². The van der Waals surface area contributed by atoms with Gasteiger partial charge in [0, 0.05) is 6.54 Å². The number of aromatic nitrogens is 2. The smallest absolute Gasteiger partial charge is 0.169 e. The number of ketones is 1. The highest BCUT2D eigenvalue weighted by atomic mass is 35.5. The third kappa shape index (κ3) is 2.74. The fourth-order valence-electron chi connectivity index (χ4n) is 1.99. The number of Topliss-reactive ketones (excluding diaryl/α,β-unsaturated/α-hetero) is 1. The summed E-state index contributed by atoms with van der Waals surface area (Å²) in [5.41, 5.74) is 1.51. The van der Waals surface area contributed by atoms with Crippen molar-refractivity contribution in [3.05, 3.63) is 16.4 Å². The van der Waals surface area contributed by atoms with Crippen LogP contribution in [0.25, 0.3) is 0 Å². The molecular weight excluding hydrogens is 256 g/mol. The predicted octanol–water partition coefficient (Wildman–Crippen LogP) is 1.39. The maximum Gasteiger partial charge on any atom is 0.169 e. The van der Waals surface area contributed by atoms with Crippen molar-refractivity contribution in [1.82, 2.24) is 9.78 Å². The summed E-state index contributed by atoms with van der Waals surface area (Å²) in [4.78, 5) is 12.1. The lowest BCUT2D eigenvalue weighted by molar-refractivity contribution is -0.144. The summed E-state index contributed by atoms with van der Waals surface area (Å²) in [5, 5.41) is 4.86. The number of ether oxygens (including phenoxy) is 2. The van der Waals surface area contributed by atoms with Gasteiger partial charge in [0.15, 0.2) is 5.78 Å². The van der Waals surface area contributed by atoms with E-state index in [1.54, 1.807) is 4.68 Å². The third-order valence-electron chi connectivity index (χ3n) is 2.97. The lowest BCUT2D eigenvalue weighted by Crippen LogP contribution is -2.36. The topological polar surface area (TPSA) is 53.4 Å². The lowest BCUT2D eigenvalue weighted by atomic mass is 10.1. The number of carbonyl (C=O) groups excluding carboxylic acids is 1. The molecule has 2 heterocycles. The average molecular weight is 273 g/mol. The van der Waals surface area contributed by atoms with Crippen LogP contribution in [0.5, 0.6) is 0 Å². The molecule has 0 amide bonds. The van der Waals surface area contributed by atoms with Crippen molar-refractivity contribution in [2.24, 2.45) is 0 Å². The highest BCUT2D eigenvalue weighted by Crippen LogP contribution is 2.21. The van der Waals surface area contributed by atoms with Crippen LogP contribution < -0.4 is 0 Å². The molecule has 0 aliphatic carbocycles. The van der Waals surface area contributed by atoms with Crippen molar-refractivity contribution < 1.29 is 14.3 Å². The Balaban J connectivity index is 2.10. The quantitative estimate of drug-likeness (QED) is 0.831. The van der Waals surface area contributed by atoms with Crippen LogP contribution in [0.2, 0.25) is 5.02 Å². The largest absolute Gasteiger partial charge is 0.376 e. The van der Waals surface area contributed by atoms with E-state index in [2.05, 4.69) is 5.10 Å². The van der Waals surface area contributed by atoms with Gasteiger partial charge in [-0.05, 0) is 13.8 Å². The summed E-state index contributed by atoms with van der Waals surface area (Å²) in [6.07, 6.45) is -0.239. The molecular formula is C12H17ClN2O3. The standard InChI is InChI=1S/C12H17ClN2O3/c1-3-15-9(12(13)8(2)14-15)6-10(16)11-7-17-4-5-18-11/h11H,3-7H2,1-2H3. The van der Waals surface area contributed by atoms with Crippen molar-refractivity contribution >= 4 is 17.4 Å². The molecule has 1 fully saturated rings. The van der Waals surface area contributed by atoms with Crippen LogP contribution in [0.1, 0.15) is 18.3 Å². The van der Waals surface area contributed by atoms with Crippen LogP contribution in [0.15, 0.2) is 0 Å². The number of rotatable bonds is 4. The summed E-state index contributed by atoms with van der Waals surface area (Å²) in [5.74, 6) is -0.00815. The molecule has 100 valence electrons. The van der Waals surface area contributed by atoms with Gasteiger partial charge in [-0.2, -0.15) is 5.10 Å². The molecule has 0 spiro atoms. The van der Waals surface area contributed by atoms with E-state index in [0.717, 1.165) is 11.4 Å². The van der Waals surface area contributed by atoms with Crippen LogP contribution in [0.4, 0.5) is 0 Å². The Hall–Kier alpha value is -0.910. The molecule has 18 heavy (non-hydrogen) atoms. The molecule has 1 aromatic heterocycles. The molecule has 2 rings (SSSR count). The normalized spacial score (nSPS) is 20.1. The lowest BCUT2D eigenvalue weighted by Gasteiger charge is -2.21. The van der Waals surface area contributed by atoms with Crippen molar-refractivity contribution in [1.29, 1.82) is 0 Å². The maximum atomic E-state index is 12.1. The van der Waals surface area contributed by atoms with Gasteiger partial charge in [0.05, 0.1) is 42.7 Å². The molecule has 1 aromatic rings. The molecule has 0 N–H and O–H groups in total. The van der Waals surface area contributed by atoms with E-state index in [1.807, 2.05) is 13.8 Å². The Kier molecular flexibility index (Phi) is 4.37. The first-order valence-electron chi connectivity index (χ1n) is 6.07. The van der Waals surface area contributed by atoms with E-state index in [4.69, 9.17) is 21.1 Å². The summed E-state index contributed by atoms with van der Waals surface area (Å²) >= 11 is 6.17. The Bertz CT molecular complexity index is 439. The summed E-state index contributed by atoms with van der Waals surface area (Å²) in [7, 11) is 0. The van der Waals surface area contributed by atoms with Crippen LogP contribution in [-0.4, -0.2) is 41.5 Å². The van der Waals surface area contributed by atoms with Gasteiger partial charge in [-0.3, -0.25) is 9.48 Å². The molecule has 1 aliphatic rings. The van der Waals surface area contributed by atoms with E-state index in [9.17, 15) is 4.79 Å². The number of halogens is 1. The van der Waals surface area contributed by atoms with Crippen molar-refractivity contribution in [3.63, 3.8) is 0 Å². The van der Waals surface area contributed by atoms with E-state index in [0.29, 0.717) is 31.4 Å². The number of carbonyl (C=O) groups is 1. The Morgan fingerprint density at radius 2 is 2.33 bits per heavy atom. The molecule has 1 saturated heterocycles. The minimum atomic E-state index is -0.477. The minimum Gasteiger partial charge on any atom is -0.376 e. The van der Waals surface area contributed by atoms with E-state index < -0.39 is 6.10 Å². The van der Waals surface area contributed by atoms with E-state index in [1.165, 1.54) is 0 Å². The second kappa shape index (κ2) is 5.82. The average Bonchev–Trinajstić information content (AvgIpc) is 2.67. The highest BCUT2D eigenvalue weighted by Gasteiger charge is 2.25.